The highest BCUT2D eigenvalue weighted by Gasteiger charge is 2.42. The molecule has 1 saturated heterocycles. The first-order valence-electron chi connectivity index (χ1n) is 17.3. The number of nitrogens with zero attached hydrogens (tertiary/aromatic N) is 4. The van der Waals surface area contributed by atoms with Crippen LogP contribution in [-0.4, -0.2) is 80.5 Å². The van der Waals surface area contributed by atoms with Crippen LogP contribution >= 0.6 is 0 Å². The van der Waals surface area contributed by atoms with E-state index >= 15 is 0 Å². The molecule has 0 radical (unpaired) electrons. The van der Waals surface area contributed by atoms with Crippen LogP contribution in [-0.2, 0) is 33.8 Å². The number of nitrogens with one attached hydrogen (secondary N) is 1. The quantitative estimate of drug-likeness (QED) is 0.218. The van der Waals surface area contributed by atoms with Crippen LogP contribution in [0.5, 0.6) is 0 Å². The standard InChI is InChI=1S/C41H39N5O6/c1-27-22-28(16-17-33(27)43-38(47)31-14-8-9-15-32(31)41(50)51)24-45-26-42-34-25-46(36(23-35(34)45)39(48)44-18-20-52-21-19-44)40(49)37(29-10-4-2-5-11-29)30-12-6-3-7-13-30/h2-17,22,26,36-37H,18-21,23-25H2,1H3,(H,43,47)(H,50,51). The van der Waals surface area contributed by atoms with Crippen molar-refractivity contribution in [3.63, 3.8) is 0 Å². The summed E-state index contributed by atoms with van der Waals surface area (Å²) >= 11 is 0. The second-order valence-corrected chi connectivity index (χ2v) is 13.1. The van der Waals surface area contributed by atoms with Crippen molar-refractivity contribution >= 4 is 29.4 Å². The van der Waals surface area contributed by atoms with Gasteiger partial charge in [-0.05, 0) is 47.4 Å². The molecule has 0 bridgehead atoms. The van der Waals surface area contributed by atoms with Crippen LogP contribution < -0.4 is 5.32 Å². The van der Waals surface area contributed by atoms with E-state index in [1.807, 2.05) is 84.3 Å². The predicted octanol–water partition coefficient (Wildman–Crippen LogP) is 5.13. The first-order valence-corrected chi connectivity index (χ1v) is 17.3. The molecule has 2 N–H and O–H groups in total. The van der Waals surface area contributed by atoms with Gasteiger partial charge in [-0.15, -0.1) is 0 Å². The van der Waals surface area contributed by atoms with Crippen LogP contribution in [0.25, 0.3) is 0 Å². The highest BCUT2D eigenvalue weighted by Crippen LogP contribution is 2.33. The van der Waals surface area contributed by atoms with Crippen molar-refractivity contribution in [2.45, 2.75) is 38.4 Å². The Balaban J connectivity index is 1.16. The number of morpholine rings is 1. The number of benzene rings is 4. The van der Waals surface area contributed by atoms with Gasteiger partial charge in [-0.3, -0.25) is 14.4 Å². The number of hydrogen-bond acceptors (Lipinski definition) is 6. The zero-order valence-corrected chi connectivity index (χ0v) is 28.8. The molecule has 3 amide bonds. The maximum Gasteiger partial charge on any atom is 0.336 e. The Morgan fingerprint density at radius 2 is 1.50 bits per heavy atom. The third-order valence-corrected chi connectivity index (χ3v) is 9.81. The summed E-state index contributed by atoms with van der Waals surface area (Å²) in [5.74, 6) is -2.52. The van der Waals surface area contributed by atoms with Gasteiger partial charge in [0.2, 0.25) is 11.8 Å². The van der Waals surface area contributed by atoms with Gasteiger partial charge in [-0.2, -0.15) is 0 Å². The zero-order chi connectivity index (χ0) is 36.2. The van der Waals surface area contributed by atoms with Crippen LogP contribution in [0.15, 0.2) is 109 Å². The van der Waals surface area contributed by atoms with Gasteiger partial charge in [-0.1, -0.05) is 84.9 Å². The number of carbonyl (C=O) groups is 4. The third kappa shape index (κ3) is 7.08. The lowest BCUT2D eigenvalue weighted by molar-refractivity contribution is -0.150. The number of aromatic nitrogens is 2. The van der Waals surface area contributed by atoms with Crippen LogP contribution in [0, 0.1) is 6.92 Å². The maximum atomic E-state index is 14.7. The van der Waals surface area contributed by atoms with Crippen LogP contribution in [0.4, 0.5) is 5.69 Å². The molecular weight excluding hydrogens is 658 g/mol. The summed E-state index contributed by atoms with van der Waals surface area (Å²) in [7, 11) is 0. The summed E-state index contributed by atoms with van der Waals surface area (Å²) < 4.78 is 7.56. The number of carbonyl (C=O) groups excluding carboxylic acids is 3. The number of fused-ring (bicyclic) bond motifs is 1. The molecule has 4 aromatic carbocycles. The first kappa shape index (κ1) is 34.4. The van der Waals surface area contributed by atoms with E-state index in [-0.39, 0.29) is 29.5 Å². The fourth-order valence-corrected chi connectivity index (χ4v) is 7.12. The van der Waals surface area contributed by atoms with E-state index in [0.717, 1.165) is 33.6 Å². The minimum atomic E-state index is -1.17. The van der Waals surface area contributed by atoms with Gasteiger partial charge in [-0.25, -0.2) is 9.78 Å². The molecule has 0 aliphatic carbocycles. The predicted molar refractivity (Wildman–Crippen MR) is 194 cm³/mol. The lowest BCUT2D eigenvalue weighted by Crippen LogP contribution is -2.56. The van der Waals surface area contributed by atoms with E-state index < -0.39 is 23.8 Å². The van der Waals surface area contributed by atoms with Gasteiger partial charge in [0, 0.05) is 37.4 Å². The molecule has 5 aromatic rings. The van der Waals surface area contributed by atoms with Crippen molar-refractivity contribution in [2.24, 2.45) is 0 Å². The molecular formula is C41H39N5O6. The van der Waals surface area contributed by atoms with Gasteiger partial charge in [0.1, 0.15) is 6.04 Å². The number of hydrogen-bond donors (Lipinski definition) is 2. The Kier molecular flexibility index (Phi) is 9.94. The topological polar surface area (TPSA) is 134 Å². The Bertz CT molecular complexity index is 2070. The molecule has 11 heteroatoms. The van der Waals surface area contributed by atoms with Crippen LogP contribution in [0.1, 0.15) is 60.3 Å². The molecule has 1 fully saturated rings. The number of imidazole rings is 1. The van der Waals surface area contributed by atoms with Crippen molar-refractivity contribution < 1.29 is 29.0 Å². The van der Waals surface area contributed by atoms with Crippen molar-refractivity contribution in [3.8, 4) is 0 Å². The Morgan fingerprint density at radius 1 is 0.865 bits per heavy atom. The van der Waals surface area contributed by atoms with E-state index in [4.69, 9.17) is 9.72 Å². The Labute approximate surface area is 301 Å². The highest BCUT2D eigenvalue weighted by molar-refractivity contribution is 6.10. The van der Waals surface area contributed by atoms with Crippen LogP contribution in [0.2, 0.25) is 0 Å². The molecule has 264 valence electrons. The second-order valence-electron chi connectivity index (χ2n) is 13.1. The largest absolute Gasteiger partial charge is 0.478 e. The lowest BCUT2D eigenvalue weighted by atomic mass is 9.88. The highest BCUT2D eigenvalue weighted by atomic mass is 16.5. The van der Waals surface area contributed by atoms with Gasteiger partial charge in [0.15, 0.2) is 0 Å². The number of aromatic carboxylic acids is 1. The summed E-state index contributed by atoms with van der Waals surface area (Å²) in [6.07, 6.45) is 2.07. The normalized spacial score (nSPS) is 15.6. The smallest absolute Gasteiger partial charge is 0.336 e. The number of carboxylic acids is 1. The van der Waals surface area contributed by atoms with Gasteiger partial charge >= 0.3 is 5.97 Å². The summed E-state index contributed by atoms with van der Waals surface area (Å²) in [6, 6.07) is 30.4. The molecule has 3 heterocycles. The van der Waals surface area contributed by atoms with E-state index in [0.29, 0.717) is 45.0 Å². The Morgan fingerprint density at radius 3 is 2.13 bits per heavy atom. The Hall–Kier alpha value is -6.07. The van der Waals surface area contributed by atoms with Crippen molar-refractivity contribution in [2.75, 3.05) is 31.6 Å². The van der Waals surface area contributed by atoms with Gasteiger partial charge < -0.3 is 29.5 Å². The average Bonchev–Trinajstić information content (AvgIpc) is 3.57. The number of aryl methyl sites for hydroxylation is 1. The summed E-state index contributed by atoms with van der Waals surface area (Å²) in [5, 5.41) is 12.4. The molecule has 2 aliphatic rings. The SMILES string of the molecule is Cc1cc(Cn2cnc3c2CC(C(=O)N2CCOCC2)N(C(=O)C(c2ccccc2)c2ccccc2)C3)ccc1NC(=O)c1ccccc1C(=O)O. The van der Waals surface area contributed by atoms with E-state index in [2.05, 4.69) is 5.32 Å². The molecule has 0 saturated carbocycles. The second kappa shape index (κ2) is 15.0. The summed E-state index contributed by atoms with van der Waals surface area (Å²) in [6.45, 7) is 4.37. The van der Waals surface area contributed by atoms with E-state index in [1.54, 1.807) is 34.3 Å². The molecule has 52 heavy (non-hydrogen) atoms. The van der Waals surface area contributed by atoms with Crippen molar-refractivity contribution in [3.05, 3.63) is 154 Å². The molecule has 11 nitrogen and oxygen atoms in total. The number of amides is 3. The molecule has 1 atom stereocenters. The summed E-state index contributed by atoms with van der Waals surface area (Å²) in [5.41, 5.74) is 5.68. The zero-order valence-electron chi connectivity index (χ0n) is 28.8. The number of anilines is 1. The van der Waals surface area contributed by atoms with E-state index in [9.17, 15) is 24.3 Å². The van der Waals surface area contributed by atoms with Gasteiger partial charge in [0.05, 0.1) is 48.8 Å². The monoisotopic (exact) mass is 697 g/mol. The maximum absolute atomic E-state index is 14.7. The first-order chi connectivity index (χ1) is 25.3. The minimum Gasteiger partial charge on any atom is -0.478 e. The fourth-order valence-electron chi connectivity index (χ4n) is 7.12. The molecule has 2 aliphatic heterocycles. The molecule has 7 rings (SSSR count). The minimum absolute atomic E-state index is 0.0690. The van der Waals surface area contributed by atoms with Crippen molar-refractivity contribution in [1.82, 2.24) is 19.4 Å². The molecule has 0 spiro atoms. The van der Waals surface area contributed by atoms with Crippen molar-refractivity contribution in [1.29, 1.82) is 0 Å². The van der Waals surface area contributed by atoms with Gasteiger partial charge in [0.25, 0.3) is 5.91 Å². The third-order valence-electron chi connectivity index (χ3n) is 9.81. The molecule has 1 unspecified atom stereocenters. The number of rotatable bonds is 9. The fraction of sp³-hybridized carbons (Fsp3) is 0.244. The van der Waals surface area contributed by atoms with Crippen LogP contribution in [0.3, 0.4) is 0 Å². The summed E-state index contributed by atoms with van der Waals surface area (Å²) in [4.78, 5) is 61.9. The lowest BCUT2D eigenvalue weighted by Gasteiger charge is -2.40. The average molecular weight is 698 g/mol. The molecule has 1 aromatic heterocycles. The number of carboxylic acid groups (broad SMARTS) is 1. The van der Waals surface area contributed by atoms with E-state index in [1.165, 1.54) is 12.1 Å². The number of ether oxygens (including phenoxy) is 1.